The fourth-order valence-corrected chi connectivity index (χ4v) is 2.83. The van der Waals surface area contributed by atoms with E-state index in [9.17, 15) is 4.79 Å². The number of imidazole rings is 1. The molecule has 2 aromatic rings. The van der Waals surface area contributed by atoms with E-state index in [0.717, 1.165) is 29.5 Å². The summed E-state index contributed by atoms with van der Waals surface area (Å²) in [4.78, 5) is 15.1. The van der Waals surface area contributed by atoms with Crippen LogP contribution in [0.3, 0.4) is 0 Å². The van der Waals surface area contributed by atoms with Crippen molar-refractivity contribution in [2.45, 2.75) is 37.9 Å². The molecule has 0 radical (unpaired) electrons. The summed E-state index contributed by atoms with van der Waals surface area (Å²) in [5.41, 5.74) is 0.905. The lowest BCUT2D eigenvalue weighted by molar-refractivity contribution is -0.133. The van der Waals surface area contributed by atoms with Crippen molar-refractivity contribution >= 4 is 17.7 Å². The minimum Gasteiger partial charge on any atom is -0.481 e. The summed E-state index contributed by atoms with van der Waals surface area (Å²) >= 11 is 1.26. The van der Waals surface area contributed by atoms with Crippen LogP contribution in [0.15, 0.2) is 34.2 Å². The number of hydrogen-bond acceptors (Lipinski definition) is 4. The maximum atomic E-state index is 10.7. The van der Waals surface area contributed by atoms with E-state index in [2.05, 4.69) is 11.9 Å². The molecule has 0 fully saturated rings. The molecule has 0 saturated heterocycles. The molecule has 1 atom stereocenters. The first-order chi connectivity index (χ1) is 9.56. The number of aromatic nitrogens is 2. The Labute approximate surface area is 122 Å². The topological polar surface area (TPSA) is 68.3 Å². The average Bonchev–Trinajstić information content (AvgIpc) is 3.02. The number of aryl methyl sites for hydroxylation is 2. The lowest BCUT2D eigenvalue weighted by Crippen LogP contribution is -2.08. The Morgan fingerprint density at radius 1 is 1.60 bits per heavy atom. The standard InChI is InChI=1S/C14H18N2O3S/c1-10-8-16(14(15-10)20-9-13(17)18)11(2)5-6-12-4-3-7-19-12/h3-4,7-8,11H,5-6,9H2,1-2H3,(H,17,18). The van der Waals surface area contributed by atoms with Gasteiger partial charge in [-0.25, -0.2) is 4.98 Å². The largest absolute Gasteiger partial charge is 0.481 e. The second kappa shape index (κ2) is 6.65. The van der Waals surface area contributed by atoms with Gasteiger partial charge in [0.15, 0.2) is 5.16 Å². The molecule has 0 aromatic carbocycles. The van der Waals surface area contributed by atoms with Crippen LogP contribution in [0.25, 0.3) is 0 Å². The second-order valence-corrected chi connectivity index (χ2v) is 5.66. The highest BCUT2D eigenvalue weighted by Gasteiger charge is 2.14. The van der Waals surface area contributed by atoms with Gasteiger partial charge in [0.05, 0.1) is 17.7 Å². The Kier molecular flexibility index (Phi) is 4.89. The van der Waals surface area contributed by atoms with Gasteiger partial charge in [0, 0.05) is 18.7 Å². The zero-order valence-corrected chi connectivity index (χ0v) is 12.4. The highest BCUT2D eigenvalue weighted by Crippen LogP contribution is 2.24. The third-order valence-electron chi connectivity index (χ3n) is 3.01. The van der Waals surface area contributed by atoms with Crippen LogP contribution in [0.5, 0.6) is 0 Å². The Morgan fingerprint density at radius 2 is 2.40 bits per heavy atom. The number of furan rings is 1. The van der Waals surface area contributed by atoms with Crippen molar-refractivity contribution in [3.05, 3.63) is 36.0 Å². The van der Waals surface area contributed by atoms with Crippen molar-refractivity contribution in [1.29, 1.82) is 0 Å². The first-order valence-corrected chi connectivity index (χ1v) is 7.47. The van der Waals surface area contributed by atoms with Gasteiger partial charge in [-0.3, -0.25) is 4.79 Å². The number of carbonyl (C=O) groups is 1. The molecule has 5 nitrogen and oxygen atoms in total. The first-order valence-electron chi connectivity index (χ1n) is 6.48. The number of rotatable bonds is 7. The number of aliphatic carboxylic acids is 1. The summed E-state index contributed by atoms with van der Waals surface area (Å²) in [5, 5.41) is 9.53. The summed E-state index contributed by atoms with van der Waals surface area (Å²) in [6.45, 7) is 4.02. The predicted octanol–water partition coefficient (Wildman–Crippen LogP) is 3.16. The van der Waals surface area contributed by atoms with Gasteiger partial charge >= 0.3 is 5.97 Å². The van der Waals surface area contributed by atoms with E-state index in [1.807, 2.05) is 29.8 Å². The van der Waals surface area contributed by atoms with Crippen LogP contribution < -0.4 is 0 Å². The van der Waals surface area contributed by atoms with Gasteiger partial charge in [-0.2, -0.15) is 0 Å². The molecule has 0 saturated carbocycles. The van der Waals surface area contributed by atoms with Gasteiger partial charge in [-0.1, -0.05) is 11.8 Å². The van der Waals surface area contributed by atoms with Crippen molar-refractivity contribution in [3.8, 4) is 0 Å². The van der Waals surface area contributed by atoms with Crippen LogP contribution in [-0.4, -0.2) is 26.4 Å². The van der Waals surface area contributed by atoms with E-state index in [0.29, 0.717) is 0 Å². The number of thioether (sulfide) groups is 1. The molecule has 2 rings (SSSR count). The van der Waals surface area contributed by atoms with Gasteiger partial charge < -0.3 is 14.1 Å². The van der Waals surface area contributed by atoms with E-state index in [1.54, 1.807) is 6.26 Å². The van der Waals surface area contributed by atoms with E-state index in [1.165, 1.54) is 11.8 Å². The number of carboxylic acid groups (broad SMARTS) is 1. The zero-order valence-electron chi connectivity index (χ0n) is 11.6. The first kappa shape index (κ1) is 14.7. The number of nitrogens with zero attached hydrogens (tertiary/aromatic N) is 2. The van der Waals surface area contributed by atoms with Gasteiger partial charge in [-0.05, 0) is 32.4 Å². The second-order valence-electron chi connectivity index (χ2n) is 4.72. The molecule has 2 aromatic heterocycles. The van der Waals surface area contributed by atoms with E-state index >= 15 is 0 Å². The molecule has 1 unspecified atom stereocenters. The van der Waals surface area contributed by atoms with Crippen molar-refractivity contribution in [2.75, 3.05) is 5.75 Å². The van der Waals surface area contributed by atoms with Gasteiger partial charge in [0.25, 0.3) is 0 Å². The van der Waals surface area contributed by atoms with Crippen LogP contribution in [0, 0.1) is 6.92 Å². The SMILES string of the molecule is Cc1cn(C(C)CCc2ccco2)c(SCC(=O)O)n1. The van der Waals surface area contributed by atoms with Gasteiger partial charge in [0.2, 0.25) is 0 Å². The lowest BCUT2D eigenvalue weighted by atomic mass is 10.1. The monoisotopic (exact) mass is 294 g/mol. The molecule has 20 heavy (non-hydrogen) atoms. The fourth-order valence-electron chi connectivity index (χ4n) is 1.99. The Bertz CT molecular complexity index is 563. The van der Waals surface area contributed by atoms with Crippen LogP contribution in [0.2, 0.25) is 0 Å². The molecular formula is C14H18N2O3S. The predicted molar refractivity (Wildman–Crippen MR) is 77.1 cm³/mol. The average molecular weight is 294 g/mol. The molecule has 0 aliphatic heterocycles. The molecule has 6 heteroatoms. The van der Waals surface area contributed by atoms with Crippen molar-refractivity contribution in [2.24, 2.45) is 0 Å². The molecule has 0 aliphatic carbocycles. The summed E-state index contributed by atoms with van der Waals surface area (Å²) in [6.07, 6.45) is 5.42. The Hall–Kier alpha value is -1.69. The molecule has 108 valence electrons. The highest BCUT2D eigenvalue weighted by molar-refractivity contribution is 7.99. The molecule has 2 heterocycles. The van der Waals surface area contributed by atoms with E-state index in [4.69, 9.17) is 9.52 Å². The summed E-state index contributed by atoms with van der Waals surface area (Å²) in [6, 6.07) is 4.10. The molecule has 0 spiro atoms. The zero-order chi connectivity index (χ0) is 14.5. The fraction of sp³-hybridized carbons (Fsp3) is 0.429. The van der Waals surface area contributed by atoms with Crippen molar-refractivity contribution in [3.63, 3.8) is 0 Å². The smallest absolute Gasteiger partial charge is 0.313 e. The number of carboxylic acids is 1. The van der Waals surface area contributed by atoms with Gasteiger partial charge in [0.1, 0.15) is 5.76 Å². The van der Waals surface area contributed by atoms with Crippen LogP contribution in [0.4, 0.5) is 0 Å². The molecule has 0 aliphatic rings. The quantitative estimate of drug-likeness (QED) is 0.794. The Morgan fingerprint density at radius 3 is 3.05 bits per heavy atom. The Balaban J connectivity index is 2.00. The van der Waals surface area contributed by atoms with E-state index < -0.39 is 5.97 Å². The minimum absolute atomic E-state index is 0.0291. The molecule has 1 N–H and O–H groups in total. The third kappa shape index (κ3) is 3.90. The normalized spacial score (nSPS) is 12.5. The van der Waals surface area contributed by atoms with Crippen molar-refractivity contribution in [1.82, 2.24) is 9.55 Å². The lowest BCUT2D eigenvalue weighted by Gasteiger charge is -2.15. The van der Waals surface area contributed by atoms with E-state index in [-0.39, 0.29) is 11.8 Å². The van der Waals surface area contributed by atoms with Gasteiger partial charge in [-0.15, -0.1) is 0 Å². The molecular weight excluding hydrogens is 276 g/mol. The summed E-state index contributed by atoms with van der Waals surface area (Å²) < 4.78 is 7.37. The summed E-state index contributed by atoms with van der Waals surface area (Å²) in [7, 11) is 0. The highest BCUT2D eigenvalue weighted by atomic mass is 32.2. The minimum atomic E-state index is -0.828. The van der Waals surface area contributed by atoms with Crippen LogP contribution in [0.1, 0.15) is 30.8 Å². The molecule has 0 bridgehead atoms. The maximum absolute atomic E-state index is 10.7. The summed E-state index contributed by atoms with van der Waals surface area (Å²) in [5.74, 6) is 0.167. The van der Waals surface area contributed by atoms with Crippen LogP contribution in [-0.2, 0) is 11.2 Å². The molecule has 0 amide bonds. The van der Waals surface area contributed by atoms with Crippen LogP contribution >= 0.6 is 11.8 Å². The maximum Gasteiger partial charge on any atom is 0.313 e. The number of hydrogen-bond donors (Lipinski definition) is 1. The third-order valence-corrected chi connectivity index (χ3v) is 3.96. The van der Waals surface area contributed by atoms with Crippen molar-refractivity contribution < 1.29 is 14.3 Å².